The molecule has 2 N–H and O–H groups in total. The molecule has 1 heterocycles. The Morgan fingerprint density at radius 2 is 0.891 bits per heavy atom. The first-order chi connectivity index (χ1) is 22.3. The van der Waals surface area contributed by atoms with Gasteiger partial charge in [0.2, 0.25) is 0 Å². The van der Waals surface area contributed by atoms with E-state index in [9.17, 15) is 19.8 Å². The molecule has 1 saturated heterocycles. The van der Waals surface area contributed by atoms with Crippen LogP contribution in [0, 0.1) is 0 Å². The number of phenols is 2. The van der Waals surface area contributed by atoms with Gasteiger partial charge in [-0.25, -0.2) is 0 Å². The van der Waals surface area contributed by atoms with Crippen LogP contribution < -0.4 is 19.6 Å². The molecule has 46 heavy (non-hydrogen) atoms. The van der Waals surface area contributed by atoms with Gasteiger partial charge in [0.05, 0.1) is 11.1 Å². The zero-order chi connectivity index (χ0) is 32.8. The molecule has 0 aliphatic carbocycles. The fourth-order valence-electron chi connectivity index (χ4n) is 6.36. The van der Waals surface area contributed by atoms with Crippen molar-refractivity contribution in [2.75, 3.05) is 72.0 Å². The molecule has 1 aliphatic heterocycles. The van der Waals surface area contributed by atoms with Gasteiger partial charge in [-0.3, -0.25) is 9.59 Å². The average Bonchev–Trinajstić information content (AvgIpc) is 3.09. The SMILES string of the molecule is CCN(CC)c1ccc(C(=O)c2ccccc2N2CCN(c3ccccc3C(=O)c3ccc(N(CC)CC)cc3O)CC2)c(O)c1. The van der Waals surface area contributed by atoms with Crippen molar-refractivity contribution in [1.82, 2.24) is 0 Å². The molecule has 8 heteroatoms. The Balaban J connectivity index is 1.34. The van der Waals surface area contributed by atoms with E-state index in [2.05, 4.69) is 47.3 Å². The number of nitrogens with zero attached hydrogens (tertiary/aromatic N) is 4. The number of aromatic hydroxyl groups is 2. The molecule has 0 saturated carbocycles. The maximum atomic E-state index is 13.7. The number of piperazine rings is 1. The van der Waals surface area contributed by atoms with Crippen molar-refractivity contribution in [3.8, 4) is 11.5 Å². The summed E-state index contributed by atoms with van der Waals surface area (Å²) in [6.07, 6.45) is 0. The molecule has 0 unspecified atom stereocenters. The Labute approximate surface area is 272 Å². The van der Waals surface area contributed by atoms with E-state index in [0.717, 1.165) is 48.9 Å². The number of hydrogen-bond acceptors (Lipinski definition) is 8. The highest BCUT2D eigenvalue weighted by Gasteiger charge is 2.26. The first kappa shape index (κ1) is 32.4. The molecule has 1 aliphatic rings. The van der Waals surface area contributed by atoms with Crippen LogP contribution in [0.15, 0.2) is 84.9 Å². The topological polar surface area (TPSA) is 87.6 Å². The highest BCUT2D eigenvalue weighted by Crippen LogP contribution is 2.33. The molecule has 0 bridgehead atoms. The molecule has 4 aromatic carbocycles. The van der Waals surface area contributed by atoms with Gasteiger partial charge in [-0.05, 0) is 76.2 Å². The molecule has 5 rings (SSSR count). The second-order valence-corrected chi connectivity index (χ2v) is 11.4. The minimum Gasteiger partial charge on any atom is -0.507 e. The number of hydrogen-bond donors (Lipinski definition) is 2. The highest BCUT2D eigenvalue weighted by atomic mass is 16.3. The Hall–Kier alpha value is -4.98. The van der Waals surface area contributed by atoms with Gasteiger partial charge >= 0.3 is 0 Å². The minimum absolute atomic E-state index is 0.0240. The van der Waals surface area contributed by atoms with Gasteiger partial charge in [-0.1, -0.05) is 24.3 Å². The van der Waals surface area contributed by atoms with E-state index >= 15 is 0 Å². The van der Waals surface area contributed by atoms with Crippen molar-refractivity contribution >= 4 is 34.3 Å². The molecule has 0 radical (unpaired) electrons. The zero-order valence-corrected chi connectivity index (χ0v) is 27.2. The van der Waals surface area contributed by atoms with E-state index in [1.54, 1.807) is 24.3 Å². The highest BCUT2D eigenvalue weighted by molar-refractivity contribution is 6.15. The van der Waals surface area contributed by atoms with Gasteiger partial charge in [0.15, 0.2) is 11.6 Å². The van der Waals surface area contributed by atoms with Crippen LogP contribution in [0.3, 0.4) is 0 Å². The van der Waals surface area contributed by atoms with Gasteiger partial charge in [-0.2, -0.15) is 0 Å². The van der Waals surface area contributed by atoms with Gasteiger partial charge < -0.3 is 29.8 Å². The first-order valence-corrected chi connectivity index (χ1v) is 16.2. The van der Waals surface area contributed by atoms with Gasteiger partial charge in [0.25, 0.3) is 0 Å². The van der Waals surface area contributed by atoms with Crippen LogP contribution in [0.5, 0.6) is 11.5 Å². The van der Waals surface area contributed by atoms with Crippen LogP contribution in [-0.2, 0) is 0 Å². The number of para-hydroxylation sites is 2. The van der Waals surface area contributed by atoms with Crippen molar-refractivity contribution in [2.24, 2.45) is 0 Å². The van der Waals surface area contributed by atoms with Crippen LogP contribution in [0.4, 0.5) is 22.7 Å². The van der Waals surface area contributed by atoms with Crippen LogP contribution >= 0.6 is 0 Å². The number of benzene rings is 4. The Morgan fingerprint density at radius 1 is 0.543 bits per heavy atom. The Bertz CT molecular complexity index is 1560. The summed E-state index contributed by atoms with van der Waals surface area (Å²) in [6, 6.07) is 25.6. The number of anilines is 4. The summed E-state index contributed by atoms with van der Waals surface area (Å²) < 4.78 is 0. The lowest BCUT2D eigenvalue weighted by Crippen LogP contribution is -2.47. The minimum atomic E-state index is -0.218. The molecule has 4 aromatic rings. The quantitative estimate of drug-likeness (QED) is 0.172. The van der Waals surface area contributed by atoms with Crippen LogP contribution in [0.1, 0.15) is 59.5 Å². The van der Waals surface area contributed by atoms with Crippen molar-refractivity contribution in [1.29, 1.82) is 0 Å². The van der Waals surface area contributed by atoms with E-state index < -0.39 is 0 Å². The van der Waals surface area contributed by atoms with Gasteiger partial charge in [0.1, 0.15) is 11.5 Å². The fourth-order valence-corrected chi connectivity index (χ4v) is 6.36. The standard InChI is InChI=1S/C38H44N4O4/c1-5-39(6-2)27-17-19-31(35(43)25-27)37(45)29-13-9-11-15-33(29)41-21-23-42(24-22-41)34-16-12-10-14-30(34)38(46)32-20-18-28(26-36(32)44)40(7-3)8-4/h9-20,25-26,43-44H,5-8,21-24H2,1-4H3. The molecule has 0 amide bonds. The van der Waals surface area contributed by atoms with Crippen molar-refractivity contribution in [3.05, 3.63) is 107 Å². The largest absolute Gasteiger partial charge is 0.507 e. The first-order valence-electron chi connectivity index (χ1n) is 16.2. The normalized spacial score (nSPS) is 13.0. The molecule has 0 aromatic heterocycles. The third-order valence-corrected chi connectivity index (χ3v) is 8.97. The molecular formula is C38H44N4O4. The molecule has 0 atom stereocenters. The van der Waals surface area contributed by atoms with E-state index in [1.807, 2.05) is 60.7 Å². The fraction of sp³-hybridized carbons (Fsp3) is 0.316. The van der Waals surface area contributed by atoms with Gasteiger partial charge in [0, 0.05) is 98.4 Å². The second-order valence-electron chi connectivity index (χ2n) is 11.4. The van der Waals surface area contributed by atoms with Crippen molar-refractivity contribution < 1.29 is 19.8 Å². The number of rotatable bonds is 12. The lowest BCUT2D eigenvalue weighted by Gasteiger charge is -2.38. The second kappa shape index (κ2) is 14.4. The third kappa shape index (κ3) is 6.52. The van der Waals surface area contributed by atoms with Crippen LogP contribution in [-0.4, -0.2) is 74.1 Å². The van der Waals surface area contributed by atoms with Crippen molar-refractivity contribution in [3.63, 3.8) is 0 Å². The van der Waals surface area contributed by atoms with E-state index in [-0.39, 0.29) is 34.2 Å². The summed E-state index contributed by atoms with van der Waals surface area (Å²) in [5.74, 6) is -0.484. The average molecular weight is 621 g/mol. The molecule has 0 spiro atoms. The third-order valence-electron chi connectivity index (χ3n) is 8.97. The smallest absolute Gasteiger partial charge is 0.198 e. The predicted octanol–water partition coefficient (Wildman–Crippen LogP) is 6.58. The Kier molecular flexibility index (Phi) is 10.2. The number of carbonyl (C=O) groups excluding carboxylic acids is 2. The maximum absolute atomic E-state index is 13.7. The monoisotopic (exact) mass is 620 g/mol. The molecule has 1 fully saturated rings. The van der Waals surface area contributed by atoms with E-state index in [4.69, 9.17) is 0 Å². The summed E-state index contributed by atoms with van der Waals surface area (Å²) in [5.41, 5.74) is 5.06. The summed E-state index contributed by atoms with van der Waals surface area (Å²) in [4.78, 5) is 36.1. The summed E-state index contributed by atoms with van der Waals surface area (Å²) >= 11 is 0. The Morgan fingerprint density at radius 3 is 1.22 bits per heavy atom. The lowest BCUT2D eigenvalue weighted by molar-refractivity contribution is 0.102. The number of carbonyl (C=O) groups is 2. The molecule has 8 nitrogen and oxygen atoms in total. The summed E-state index contributed by atoms with van der Waals surface area (Å²) in [5, 5.41) is 21.7. The lowest BCUT2D eigenvalue weighted by atomic mass is 9.98. The molecule has 240 valence electrons. The summed E-state index contributed by atoms with van der Waals surface area (Å²) in [7, 11) is 0. The van der Waals surface area contributed by atoms with Gasteiger partial charge in [-0.15, -0.1) is 0 Å². The van der Waals surface area contributed by atoms with E-state index in [0.29, 0.717) is 37.3 Å². The maximum Gasteiger partial charge on any atom is 0.198 e. The zero-order valence-electron chi connectivity index (χ0n) is 27.2. The predicted molar refractivity (Wildman–Crippen MR) is 188 cm³/mol. The van der Waals surface area contributed by atoms with E-state index in [1.165, 1.54) is 0 Å². The van der Waals surface area contributed by atoms with Crippen LogP contribution in [0.25, 0.3) is 0 Å². The van der Waals surface area contributed by atoms with Crippen molar-refractivity contribution in [2.45, 2.75) is 27.7 Å². The number of ketones is 2. The molecular weight excluding hydrogens is 576 g/mol. The summed E-state index contributed by atoms with van der Waals surface area (Å²) in [6.45, 7) is 14.0. The number of phenolic OH excluding ortho intramolecular Hbond substituents is 2. The van der Waals surface area contributed by atoms with Crippen LogP contribution in [0.2, 0.25) is 0 Å².